The summed E-state index contributed by atoms with van der Waals surface area (Å²) in [4.78, 5) is 13.6. The Bertz CT molecular complexity index is 896. The van der Waals surface area contributed by atoms with Crippen LogP contribution in [0.2, 0.25) is 0 Å². The second-order valence-corrected chi connectivity index (χ2v) is 6.35. The molecule has 0 spiro atoms. The normalized spacial score (nSPS) is 11.0. The van der Waals surface area contributed by atoms with Gasteiger partial charge >= 0.3 is 6.03 Å². The molecule has 0 unspecified atom stereocenters. The third kappa shape index (κ3) is 3.36. The van der Waals surface area contributed by atoms with Gasteiger partial charge in [0.15, 0.2) is 0 Å². The molecule has 0 aliphatic carbocycles. The molecule has 25 heavy (non-hydrogen) atoms. The van der Waals surface area contributed by atoms with Crippen LogP contribution in [0.25, 0.3) is 10.9 Å². The SMILES string of the molecule is CCCCc1ccc(N(C(N)=O)c2ccc3c(C)n(C)nc3c2)cc1. The van der Waals surface area contributed by atoms with Gasteiger partial charge in [-0.05, 0) is 55.7 Å². The van der Waals surface area contributed by atoms with Gasteiger partial charge in [0.1, 0.15) is 0 Å². The smallest absolute Gasteiger partial charge is 0.323 e. The monoisotopic (exact) mass is 336 g/mol. The van der Waals surface area contributed by atoms with Gasteiger partial charge in [-0.3, -0.25) is 9.58 Å². The van der Waals surface area contributed by atoms with Crippen molar-refractivity contribution in [1.82, 2.24) is 9.78 Å². The Morgan fingerprint density at radius 3 is 2.48 bits per heavy atom. The van der Waals surface area contributed by atoms with Gasteiger partial charge in [0, 0.05) is 18.1 Å². The highest BCUT2D eigenvalue weighted by molar-refractivity contribution is 6.00. The van der Waals surface area contributed by atoms with Crippen LogP contribution in [0.3, 0.4) is 0 Å². The van der Waals surface area contributed by atoms with Gasteiger partial charge in [0.2, 0.25) is 0 Å². The molecule has 3 aromatic rings. The summed E-state index contributed by atoms with van der Waals surface area (Å²) in [5, 5.41) is 5.57. The van der Waals surface area contributed by atoms with Crippen LogP contribution in [0.15, 0.2) is 42.5 Å². The van der Waals surface area contributed by atoms with Crippen molar-refractivity contribution in [2.45, 2.75) is 33.1 Å². The van der Waals surface area contributed by atoms with Crippen LogP contribution in [0.5, 0.6) is 0 Å². The highest BCUT2D eigenvalue weighted by Crippen LogP contribution is 2.29. The number of carbonyl (C=O) groups is 1. The maximum Gasteiger partial charge on any atom is 0.323 e. The Hall–Kier alpha value is -2.82. The lowest BCUT2D eigenvalue weighted by atomic mass is 10.1. The van der Waals surface area contributed by atoms with Gasteiger partial charge in [-0.25, -0.2) is 4.79 Å². The number of unbranched alkanes of at least 4 members (excludes halogenated alkanes) is 1. The first-order chi connectivity index (χ1) is 12.0. The van der Waals surface area contributed by atoms with Crippen LogP contribution in [0.4, 0.5) is 16.2 Å². The van der Waals surface area contributed by atoms with Crippen molar-refractivity contribution in [3.05, 3.63) is 53.7 Å². The number of benzene rings is 2. The van der Waals surface area contributed by atoms with E-state index in [1.54, 1.807) is 0 Å². The number of urea groups is 1. The van der Waals surface area contributed by atoms with E-state index in [2.05, 4.69) is 24.2 Å². The fraction of sp³-hybridized carbons (Fsp3) is 0.300. The Labute approximate surface area is 148 Å². The molecule has 2 aromatic carbocycles. The summed E-state index contributed by atoms with van der Waals surface area (Å²) < 4.78 is 1.84. The van der Waals surface area contributed by atoms with Crippen LogP contribution >= 0.6 is 0 Å². The Balaban J connectivity index is 1.97. The minimum absolute atomic E-state index is 0.506. The Kier molecular flexibility index (Phi) is 4.74. The second kappa shape index (κ2) is 6.97. The van der Waals surface area contributed by atoms with E-state index in [4.69, 9.17) is 5.73 Å². The molecule has 3 rings (SSSR count). The van der Waals surface area contributed by atoms with Crippen molar-refractivity contribution in [3.8, 4) is 0 Å². The van der Waals surface area contributed by atoms with Crippen LogP contribution in [-0.2, 0) is 13.5 Å². The molecule has 0 saturated heterocycles. The van der Waals surface area contributed by atoms with E-state index < -0.39 is 6.03 Å². The number of aromatic nitrogens is 2. The largest absolute Gasteiger partial charge is 0.351 e. The van der Waals surface area contributed by atoms with E-state index in [1.807, 2.05) is 49.0 Å². The number of hydrogen-bond acceptors (Lipinski definition) is 2. The van der Waals surface area contributed by atoms with Gasteiger partial charge in [0.05, 0.1) is 16.9 Å². The maximum absolute atomic E-state index is 12.1. The van der Waals surface area contributed by atoms with Crippen LogP contribution in [0.1, 0.15) is 31.0 Å². The Morgan fingerprint density at radius 1 is 1.16 bits per heavy atom. The predicted molar refractivity (Wildman–Crippen MR) is 102 cm³/mol. The van der Waals surface area contributed by atoms with Gasteiger partial charge in [-0.15, -0.1) is 0 Å². The molecular weight excluding hydrogens is 312 g/mol. The number of fused-ring (bicyclic) bond motifs is 1. The molecule has 5 heteroatoms. The zero-order valence-corrected chi connectivity index (χ0v) is 15.0. The lowest BCUT2D eigenvalue weighted by Gasteiger charge is -2.21. The molecule has 1 aromatic heterocycles. The van der Waals surface area contributed by atoms with E-state index in [-0.39, 0.29) is 0 Å². The summed E-state index contributed by atoms with van der Waals surface area (Å²) in [5.74, 6) is 0. The molecule has 0 aliphatic heterocycles. The average molecular weight is 336 g/mol. The van der Waals surface area contributed by atoms with E-state index in [0.717, 1.165) is 40.8 Å². The number of carbonyl (C=O) groups excluding carboxylic acids is 1. The predicted octanol–water partition coefficient (Wildman–Crippen LogP) is 4.44. The fourth-order valence-corrected chi connectivity index (χ4v) is 3.05. The molecule has 1 heterocycles. The topological polar surface area (TPSA) is 64.2 Å². The molecule has 2 N–H and O–H groups in total. The first-order valence-electron chi connectivity index (χ1n) is 8.63. The van der Waals surface area contributed by atoms with Crippen molar-refractivity contribution in [2.75, 3.05) is 4.90 Å². The molecule has 0 atom stereocenters. The Morgan fingerprint density at radius 2 is 1.84 bits per heavy atom. The van der Waals surface area contributed by atoms with Gasteiger partial charge in [0.25, 0.3) is 0 Å². The summed E-state index contributed by atoms with van der Waals surface area (Å²) in [5.41, 5.74) is 10.4. The molecule has 0 saturated carbocycles. The summed E-state index contributed by atoms with van der Waals surface area (Å²) in [6.45, 7) is 4.20. The summed E-state index contributed by atoms with van der Waals surface area (Å²) >= 11 is 0. The standard InChI is InChI=1S/C20H24N4O/c1-4-5-6-15-7-9-16(10-8-15)24(20(21)25)17-11-12-18-14(2)23(3)22-19(18)13-17/h7-13H,4-6H2,1-3H3,(H2,21,25). The first-order valence-corrected chi connectivity index (χ1v) is 8.63. The molecule has 130 valence electrons. The molecule has 2 amide bonds. The number of nitrogens with two attached hydrogens (primary N) is 1. The number of primary amides is 1. The van der Waals surface area contributed by atoms with E-state index in [9.17, 15) is 4.79 Å². The molecule has 5 nitrogen and oxygen atoms in total. The van der Waals surface area contributed by atoms with Gasteiger partial charge < -0.3 is 5.73 Å². The number of rotatable bonds is 5. The van der Waals surface area contributed by atoms with E-state index >= 15 is 0 Å². The zero-order chi connectivity index (χ0) is 18.0. The minimum Gasteiger partial charge on any atom is -0.351 e. The molecular formula is C20H24N4O. The van der Waals surface area contributed by atoms with Crippen molar-refractivity contribution in [1.29, 1.82) is 0 Å². The highest BCUT2D eigenvalue weighted by Gasteiger charge is 2.16. The molecule has 0 aliphatic rings. The third-order valence-electron chi connectivity index (χ3n) is 4.61. The molecule has 0 bridgehead atoms. The maximum atomic E-state index is 12.1. The first kappa shape index (κ1) is 17.0. The number of anilines is 2. The van der Waals surface area contributed by atoms with E-state index in [1.165, 1.54) is 16.9 Å². The summed E-state index contributed by atoms with van der Waals surface area (Å²) in [7, 11) is 1.91. The van der Waals surface area contributed by atoms with E-state index in [0.29, 0.717) is 0 Å². The fourth-order valence-electron chi connectivity index (χ4n) is 3.05. The second-order valence-electron chi connectivity index (χ2n) is 6.35. The lowest BCUT2D eigenvalue weighted by molar-refractivity contribution is 0.256. The van der Waals surface area contributed by atoms with Crippen molar-refractivity contribution >= 4 is 28.3 Å². The van der Waals surface area contributed by atoms with Crippen LogP contribution in [-0.4, -0.2) is 15.8 Å². The van der Waals surface area contributed by atoms with Crippen molar-refractivity contribution < 1.29 is 4.79 Å². The van der Waals surface area contributed by atoms with Crippen LogP contribution in [0, 0.1) is 6.92 Å². The van der Waals surface area contributed by atoms with Crippen molar-refractivity contribution in [3.63, 3.8) is 0 Å². The van der Waals surface area contributed by atoms with Crippen LogP contribution < -0.4 is 10.6 Å². The number of amides is 2. The van der Waals surface area contributed by atoms with Gasteiger partial charge in [-0.1, -0.05) is 25.5 Å². The lowest BCUT2D eigenvalue weighted by Crippen LogP contribution is -2.31. The number of aryl methyl sites for hydroxylation is 3. The third-order valence-corrected chi connectivity index (χ3v) is 4.61. The zero-order valence-electron chi connectivity index (χ0n) is 15.0. The highest BCUT2D eigenvalue weighted by atomic mass is 16.2. The number of hydrogen-bond donors (Lipinski definition) is 1. The quantitative estimate of drug-likeness (QED) is 0.748. The molecule has 0 fully saturated rings. The average Bonchev–Trinajstić information content (AvgIpc) is 2.88. The van der Waals surface area contributed by atoms with Crippen molar-refractivity contribution in [2.24, 2.45) is 12.8 Å². The molecule has 0 radical (unpaired) electrons. The summed E-state index contributed by atoms with van der Waals surface area (Å²) in [6.07, 6.45) is 3.37. The number of nitrogens with zero attached hydrogens (tertiary/aromatic N) is 3. The minimum atomic E-state index is -0.506. The summed E-state index contributed by atoms with van der Waals surface area (Å²) in [6, 6.07) is 13.3. The van der Waals surface area contributed by atoms with Gasteiger partial charge in [-0.2, -0.15) is 5.10 Å².